The third kappa shape index (κ3) is 4.07. The number of thiophene rings is 1. The van der Waals surface area contributed by atoms with E-state index in [9.17, 15) is 4.79 Å². The third-order valence-electron chi connectivity index (χ3n) is 5.87. The van der Waals surface area contributed by atoms with Crippen LogP contribution in [0.5, 0.6) is 0 Å². The molecule has 4 heterocycles. The highest BCUT2D eigenvalue weighted by Gasteiger charge is 2.39. The molecule has 1 amide bonds. The summed E-state index contributed by atoms with van der Waals surface area (Å²) in [5.41, 5.74) is 0.267. The van der Waals surface area contributed by atoms with E-state index in [2.05, 4.69) is 42.5 Å². The van der Waals surface area contributed by atoms with E-state index >= 15 is 0 Å². The van der Waals surface area contributed by atoms with Gasteiger partial charge in [0.15, 0.2) is 0 Å². The average Bonchev–Trinajstić information content (AvgIpc) is 3.33. The second-order valence-corrected chi connectivity index (χ2v) is 8.66. The molecular formula is C19H27N5O2S. The first kappa shape index (κ1) is 18.6. The van der Waals surface area contributed by atoms with Crippen LogP contribution in [0.25, 0.3) is 0 Å². The van der Waals surface area contributed by atoms with Gasteiger partial charge in [-0.3, -0.25) is 9.69 Å². The van der Waals surface area contributed by atoms with Crippen molar-refractivity contribution >= 4 is 17.2 Å². The van der Waals surface area contributed by atoms with Crippen LogP contribution in [0, 0.1) is 5.41 Å². The maximum Gasteiger partial charge on any atom is 0.289 e. The number of aryl methyl sites for hydroxylation is 1. The Balaban J connectivity index is 1.39. The van der Waals surface area contributed by atoms with E-state index < -0.39 is 0 Å². The third-order valence-corrected chi connectivity index (χ3v) is 6.73. The molecular weight excluding hydrogens is 362 g/mol. The van der Waals surface area contributed by atoms with Crippen molar-refractivity contribution in [2.75, 3.05) is 33.4 Å². The first-order valence-corrected chi connectivity index (χ1v) is 10.5. The minimum Gasteiger partial charge on any atom is -0.383 e. The predicted octanol–water partition coefficient (Wildman–Crippen LogP) is 1.94. The van der Waals surface area contributed by atoms with Crippen molar-refractivity contribution in [1.82, 2.24) is 25.0 Å². The molecule has 1 spiro atoms. The van der Waals surface area contributed by atoms with Crippen molar-refractivity contribution in [3.8, 4) is 0 Å². The lowest BCUT2D eigenvalue weighted by Crippen LogP contribution is -2.44. The molecule has 0 unspecified atom stereocenters. The monoisotopic (exact) mass is 389 g/mol. The summed E-state index contributed by atoms with van der Waals surface area (Å²) in [6, 6.07) is 4.34. The highest BCUT2D eigenvalue weighted by molar-refractivity contribution is 7.09. The molecule has 0 atom stereocenters. The maximum absolute atomic E-state index is 12.5. The smallest absolute Gasteiger partial charge is 0.289 e. The van der Waals surface area contributed by atoms with Gasteiger partial charge in [0, 0.05) is 38.0 Å². The van der Waals surface area contributed by atoms with Gasteiger partial charge in [-0.15, -0.1) is 21.5 Å². The molecule has 0 aromatic carbocycles. The Labute approximate surface area is 163 Å². The lowest BCUT2D eigenvalue weighted by molar-refractivity contribution is 0.0622. The number of amides is 1. The van der Waals surface area contributed by atoms with Crippen LogP contribution in [0.1, 0.15) is 40.6 Å². The largest absolute Gasteiger partial charge is 0.383 e. The van der Waals surface area contributed by atoms with Gasteiger partial charge in [-0.1, -0.05) is 6.07 Å². The lowest BCUT2D eigenvalue weighted by atomic mass is 9.73. The predicted molar refractivity (Wildman–Crippen MR) is 104 cm³/mol. The van der Waals surface area contributed by atoms with E-state index in [0.29, 0.717) is 19.0 Å². The van der Waals surface area contributed by atoms with Crippen LogP contribution < -0.4 is 5.32 Å². The SMILES string of the molecule is COCCNC(=O)c1nnc2n1CC1(CC2)CCN(Cc2cccs2)CC1. The van der Waals surface area contributed by atoms with Gasteiger partial charge in [-0.25, -0.2) is 0 Å². The van der Waals surface area contributed by atoms with Crippen molar-refractivity contribution in [2.45, 2.75) is 38.8 Å². The van der Waals surface area contributed by atoms with Gasteiger partial charge in [-0.05, 0) is 49.2 Å². The second kappa shape index (κ2) is 8.08. The number of rotatable bonds is 6. The summed E-state index contributed by atoms with van der Waals surface area (Å²) < 4.78 is 7.05. The van der Waals surface area contributed by atoms with Crippen molar-refractivity contribution in [3.05, 3.63) is 34.0 Å². The summed E-state index contributed by atoms with van der Waals surface area (Å²) in [6.45, 7) is 5.13. The van der Waals surface area contributed by atoms with Crippen molar-refractivity contribution < 1.29 is 9.53 Å². The quantitative estimate of drug-likeness (QED) is 0.765. The maximum atomic E-state index is 12.5. The Morgan fingerprint density at radius 1 is 1.33 bits per heavy atom. The summed E-state index contributed by atoms with van der Waals surface area (Å²) >= 11 is 1.83. The Hall–Kier alpha value is -1.77. The molecule has 2 aliphatic heterocycles. The van der Waals surface area contributed by atoms with Crippen LogP contribution in [-0.2, 0) is 24.2 Å². The molecule has 1 fully saturated rings. The molecule has 2 aromatic heterocycles. The number of ether oxygens (including phenoxy) is 1. The number of nitrogens with zero attached hydrogens (tertiary/aromatic N) is 4. The molecule has 146 valence electrons. The Bertz CT molecular complexity index is 765. The van der Waals surface area contributed by atoms with Gasteiger partial charge in [-0.2, -0.15) is 0 Å². The first-order chi connectivity index (χ1) is 13.2. The summed E-state index contributed by atoms with van der Waals surface area (Å²) in [6.07, 6.45) is 4.38. The van der Waals surface area contributed by atoms with Gasteiger partial charge in [0.2, 0.25) is 5.82 Å². The van der Waals surface area contributed by atoms with E-state index in [-0.39, 0.29) is 11.3 Å². The number of fused-ring (bicyclic) bond motifs is 1. The molecule has 4 rings (SSSR count). The molecule has 27 heavy (non-hydrogen) atoms. The minimum absolute atomic E-state index is 0.155. The minimum atomic E-state index is -0.155. The number of aromatic nitrogens is 3. The fourth-order valence-electron chi connectivity index (χ4n) is 4.21. The van der Waals surface area contributed by atoms with Crippen molar-refractivity contribution in [3.63, 3.8) is 0 Å². The molecule has 0 bridgehead atoms. The molecule has 7 nitrogen and oxygen atoms in total. The highest BCUT2D eigenvalue weighted by atomic mass is 32.1. The Kier molecular flexibility index (Phi) is 5.56. The Morgan fingerprint density at radius 3 is 2.93 bits per heavy atom. The number of carbonyl (C=O) groups excluding carboxylic acids is 1. The van der Waals surface area contributed by atoms with Crippen LogP contribution in [-0.4, -0.2) is 58.9 Å². The fourth-order valence-corrected chi connectivity index (χ4v) is 4.95. The number of hydrogen-bond acceptors (Lipinski definition) is 6. The average molecular weight is 390 g/mol. The number of carbonyl (C=O) groups is 1. The van der Waals surface area contributed by atoms with Gasteiger partial charge >= 0.3 is 0 Å². The molecule has 0 saturated carbocycles. The summed E-state index contributed by atoms with van der Waals surface area (Å²) in [7, 11) is 1.62. The van der Waals surface area contributed by atoms with E-state index in [1.54, 1.807) is 7.11 Å². The zero-order valence-electron chi connectivity index (χ0n) is 15.8. The number of likely N-dealkylation sites (tertiary alicyclic amines) is 1. The van der Waals surface area contributed by atoms with Crippen LogP contribution in [0.2, 0.25) is 0 Å². The highest BCUT2D eigenvalue weighted by Crippen LogP contribution is 2.41. The van der Waals surface area contributed by atoms with Crippen molar-refractivity contribution in [1.29, 1.82) is 0 Å². The summed E-state index contributed by atoms with van der Waals surface area (Å²) in [5.74, 6) is 1.23. The molecule has 8 heteroatoms. The van der Waals surface area contributed by atoms with Gasteiger partial charge in [0.25, 0.3) is 5.91 Å². The van der Waals surface area contributed by atoms with Crippen LogP contribution in [0.4, 0.5) is 0 Å². The van der Waals surface area contributed by atoms with E-state index in [1.165, 1.54) is 17.7 Å². The van der Waals surface area contributed by atoms with Gasteiger partial charge < -0.3 is 14.6 Å². The second-order valence-electron chi connectivity index (χ2n) is 7.63. The van der Waals surface area contributed by atoms with Crippen LogP contribution in [0.3, 0.4) is 0 Å². The van der Waals surface area contributed by atoms with E-state index in [4.69, 9.17) is 4.74 Å². The number of piperidine rings is 1. The van der Waals surface area contributed by atoms with Crippen LogP contribution >= 0.6 is 11.3 Å². The standard InChI is InChI=1S/C19H27N5O2S/c1-26-11-8-20-18(25)17-22-21-16-4-5-19(14-24(16)17)6-9-23(10-7-19)13-15-3-2-12-27-15/h2-3,12H,4-11,13-14H2,1H3,(H,20,25). The molecule has 1 saturated heterocycles. The topological polar surface area (TPSA) is 72.3 Å². The first-order valence-electron chi connectivity index (χ1n) is 9.63. The zero-order chi connectivity index (χ0) is 18.7. The van der Waals surface area contributed by atoms with E-state index in [1.807, 2.05) is 11.3 Å². The molecule has 2 aromatic rings. The van der Waals surface area contributed by atoms with Crippen LogP contribution in [0.15, 0.2) is 17.5 Å². The molecule has 1 N–H and O–H groups in total. The van der Waals surface area contributed by atoms with Gasteiger partial charge in [0.05, 0.1) is 6.61 Å². The molecule has 0 radical (unpaired) electrons. The van der Waals surface area contributed by atoms with Gasteiger partial charge in [0.1, 0.15) is 5.82 Å². The number of methoxy groups -OCH3 is 1. The summed E-state index contributed by atoms with van der Waals surface area (Å²) in [4.78, 5) is 16.4. The Morgan fingerprint density at radius 2 is 2.19 bits per heavy atom. The number of hydrogen-bond donors (Lipinski definition) is 1. The van der Waals surface area contributed by atoms with Crippen molar-refractivity contribution in [2.24, 2.45) is 5.41 Å². The molecule has 2 aliphatic rings. The zero-order valence-corrected chi connectivity index (χ0v) is 16.6. The molecule has 0 aliphatic carbocycles. The fraction of sp³-hybridized carbons (Fsp3) is 0.632. The lowest BCUT2D eigenvalue weighted by Gasteiger charge is -2.44. The number of nitrogens with one attached hydrogen (secondary N) is 1. The van der Waals surface area contributed by atoms with E-state index in [0.717, 1.165) is 44.8 Å². The summed E-state index contributed by atoms with van der Waals surface area (Å²) in [5, 5.41) is 13.4. The normalized spacial score (nSPS) is 19.1.